The van der Waals surface area contributed by atoms with Gasteiger partial charge in [-0.05, 0) is 6.07 Å². The van der Waals surface area contributed by atoms with E-state index >= 15 is 0 Å². The molecule has 7 heteroatoms. The number of carbonyl (C=O) groups is 1. The normalized spacial score (nSPS) is 10.2. The molecule has 0 saturated carbocycles. The number of thiazole rings is 1. The topological polar surface area (TPSA) is 68.7 Å². The van der Waals surface area contributed by atoms with Crippen LogP contribution in [-0.2, 0) is 6.61 Å². The summed E-state index contributed by atoms with van der Waals surface area (Å²) in [7, 11) is 1.42. The second kappa shape index (κ2) is 5.90. The van der Waals surface area contributed by atoms with Crippen LogP contribution in [0.3, 0.4) is 0 Å². The molecule has 1 aromatic carbocycles. The summed E-state index contributed by atoms with van der Waals surface area (Å²) in [5.74, 6) is -0.703. The van der Waals surface area contributed by atoms with Crippen molar-refractivity contribution >= 4 is 28.9 Å². The number of carboxylic acids is 1. The number of halogens is 1. The molecule has 1 N–H and O–H groups in total. The van der Waals surface area contributed by atoms with Crippen molar-refractivity contribution in [1.82, 2.24) is 4.98 Å². The number of methoxy groups -OCH3 is 1. The van der Waals surface area contributed by atoms with Gasteiger partial charge in [-0.15, -0.1) is 11.3 Å². The number of aromatic nitrogens is 1. The standard InChI is InChI=1S/C12H10ClNO4S/c1-17-9-5-7(13)4-8(12(15)16)11(9)18-6-10-14-2-3-19-10/h2-5H,6H2,1H3,(H,15,16). The Bertz CT molecular complexity index is 586. The van der Waals surface area contributed by atoms with Gasteiger partial charge in [-0.1, -0.05) is 11.6 Å². The van der Waals surface area contributed by atoms with Crippen molar-refractivity contribution in [2.75, 3.05) is 7.11 Å². The molecule has 1 heterocycles. The van der Waals surface area contributed by atoms with E-state index in [0.29, 0.717) is 0 Å². The average molecular weight is 300 g/mol. The number of ether oxygens (including phenoxy) is 2. The number of rotatable bonds is 5. The molecule has 0 aliphatic carbocycles. The van der Waals surface area contributed by atoms with E-state index in [1.807, 2.05) is 5.38 Å². The Morgan fingerprint density at radius 2 is 2.32 bits per heavy atom. The highest BCUT2D eigenvalue weighted by Crippen LogP contribution is 2.35. The smallest absolute Gasteiger partial charge is 0.339 e. The number of benzene rings is 1. The van der Waals surface area contributed by atoms with E-state index in [1.54, 1.807) is 6.20 Å². The maximum absolute atomic E-state index is 11.2. The minimum absolute atomic E-state index is 0.0408. The lowest BCUT2D eigenvalue weighted by molar-refractivity contribution is 0.0691. The van der Waals surface area contributed by atoms with Crippen LogP contribution in [0.15, 0.2) is 23.7 Å². The number of nitrogens with zero attached hydrogens (tertiary/aromatic N) is 1. The highest BCUT2D eigenvalue weighted by atomic mass is 35.5. The van der Waals surface area contributed by atoms with Crippen LogP contribution in [-0.4, -0.2) is 23.2 Å². The molecule has 100 valence electrons. The maximum atomic E-state index is 11.2. The van der Waals surface area contributed by atoms with Crippen molar-refractivity contribution in [2.24, 2.45) is 0 Å². The van der Waals surface area contributed by atoms with E-state index in [0.717, 1.165) is 5.01 Å². The minimum atomic E-state index is -1.13. The van der Waals surface area contributed by atoms with Gasteiger partial charge >= 0.3 is 5.97 Å². The fourth-order valence-corrected chi connectivity index (χ4v) is 2.22. The molecule has 0 aliphatic rings. The van der Waals surface area contributed by atoms with Gasteiger partial charge < -0.3 is 14.6 Å². The molecule has 0 amide bonds. The van der Waals surface area contributed by atoms with E-state index in [2.05, 4.69) is 4.98 Å². The Hall–Kier alpha value is -1.79. The van der Waals surface area contributed by atoms with Gasteiger partial charge in [0.05, 0.1) is 7.11 Å². The molecule has 5 nitrogen and oxygen atoms in total. The molecule has 0 bridgehead atoms. The van der Waals surface area contributed by atoms with Gasteiger partial charge in [-0.3, -0.25) is 0 Å². The fraction of sp³-hybridized carbons (Fsp3) is 0.167. The molecule has 0 unspecified atom stereocenters. The largest absolute Gasteiger partial charge is 0.493 e. The molecule has 2 aromatic rings. The van der Waals surface area contributed by atoms with Gasteiger partial charge in [0.15, 0.2) is 11.5 Å². The van der Waals surface area contributed by atoms with Gasteiger partial charge in [0.25, 0.3) is 0 Å². The molecule has 0 radical (unpaired) electrons. The highest BCUT2D eigenvalue weighted by molar-refractivity contribution is 7.09. The van der Waals surface area contributed by atoms with Gasteiger partial charge in [0.1, 0.15) is 17.2 Å². The summed E-state index contributed by atoms with van der Waals surface area (Å²) >= 11 is 7.26. The molecule has 0 aliphatic heterocycles. The molecule has 19 heavy (non-hydrogen) atoms. The molecule has 2 rings (SSSR count). The van der Waals surface area contributed by atoms with Crippen LogP contribution >= 0.6 is 22.9 Å². The lowest BCUT2D eigenvalue weighted by Crippen LogP contribution is -2.05. The fourth-order valence-electron chi connectivity index (χ4n) is 1.49. The van der Waals surface area contributed by atoms with Crippen LogP contribution in [0.25, 0.3) is 0 Å². The lowest BCUT2D eigenvalue weighted by atomic mass is 10.2. The summed E-state index contributed by atoms with van der Waals surface area (Å²) < 4.78 is 10.6. The summed E-state index contributed by atoms with van der Waals surface area (Å²) in [6, 6.07) is 2.83. The molecular weight excluding hydrogens is 290 g/mol. The van der Waals surface area contributed by atoms with Crippen molar-refractivity contribution in [1.29, 1.82) is 0 Å². The lowest BCUT2D eigenvalue weighted by Gasteiger charge is -2.12. The second-order valence-corrected chi connectivity index (χ2v) is 4.92. The van der Waals surface area contributed by atoms with Gasteiger partial charge in [0.2, 0.25) is 0 Å². The molecular formula is C12H10ClNO4S. The number of carboxylic acid groups (broad SMARTS) is 1. The van der Waals surface area contributed by atoms with Crippen LogP contribution in [0, 0.1) is 0 Å². The molecule has 0 fully saturated rings. The van der Waals surface area contributed by atoms with Gasteiger partial charge in [0, 0.05) is 22.7 Å². The van der Waals surface area contributed by atoms with E-state index in [1.165, 1.54) is 30.6 Å². The first-order valence-electron chi connectivity index (χ1n) is 5.24. The van der Waals surface area contributed by atoms with Gasteiger partial charge in [-0.25, -0.2) is 9.78 Å². The summed E-state index contributed by atoms with van der Waals surface area (Å²) in [4.78, 5) is 15.3. The Morgan fingerprint density at radius 1 is 1.53 bits per heavy atom. The Morgan fingerprint density at radius 3 is 2.89 bits per heavy atom. The summed E-state index contributed by atoms with van der Waals surface area (Å²) in [5, 5.41) is 12.0. The van der Waals surface area contributed by atoms with Crippen molar-refractivity contribution in [3.8, 4) is 11.5 Å². The third kappa shape index (κ3) is 3.15. The third-order valence-electron chi connectivity index (χ3n) is 2.29. The first kappa shape index (κ1) is 13.6. The Kier molecular flexibility index (Phi) is 4.24. The van der Waals surface area contributed by atoms with E-state index in [4.69, 9.17) is 26.2 Å². The first-order valence-corrected chi connectivity index (χ1v) is 6.49. The Balaban J connectivity index is 2.33. The van der Waals surface area contributed by atoms with Crippen LogP contribution < -0.4 is 9.47 Å². The average Bonchev–Trinajstić information content (AvgIpc) is 2.89. The molecule has 0 atom stereocenters. The number of aromatic carboxylic acids is 1. The summed E-state index contributed by atoms with van der Waals surface area (Å²) in [6.45, 7) is 0.177. The summed E-state index contributed by atoms with van der Waals surface area (Å²) in [6.07, 6.45) is 1.65. The van der Waals surface area contributed by atoms with Crippen LogP contribution in [0.5, 0.6) is 11.5 Å². The van der Waals surface area contributed by atoms with Crippen molar-refractivity contribution in [2.45, 2.75) is 6.61 Å². The monoisotopic (exact) mass is 299 g/mol. The maximum Gasteiger partial charge on any atom is 0.339 e. The summed E-state index contributed by atoms with van der Waals surface area (Å²) in [5.41, 5.74) is -0.0408. The zero-order valence-corrected chi connectivity index (χ0v) is 11.5. The molecule has 0 spiro atoms. The van der Waals surface area contributed by atoms with Crippen molar-refractivity contribution in [3.63, 3.8) is 0 Å². The Labute approximate surface area is 118 Å². The molecule has 1 aromatic heterocycles. The first-order chi connectivity index (χ1) is 9.11. The zero-order chi connectivity index (χ0) is 13.8. The van der Waals surface area contributed by atoms with Crippen molar-refractivity contribution < 1.29 is 19.4 Å². The van der Waals surface area contributed by atoms with Crippen LogP contribution in [0.1, 0.15) is 15.4 Å². The third-order valence-corrected chi connectivity index (χ3v) is 3.26. The predicted molar refractivity (Wildman–Crippen MR) is 71.4 cm³/mol. The van der Waals surface area contributed by atoms with Crippen LogP contribution in [0.2, 0.25) is 5.02 Å². The predicted octanol–water partition coefficient (Wildman–Crippen LogP) is 3.08. The molecule has 0 saturated heterocycles. The highest BCUT2D eigenvalue weighted by Gasteiger charge is 2.18. The number of hydrogen-bond donors (Lipinski definition) is 1. The second-order valence-electron chi connectivity index (χ2n) is 3.50. The van der Waals surface area contributed by atoms with Gasteiger partial charge in [-0.2, -0.15) is 0 Å². The van der Waals surface area contributed by atoms with E-state index < -0.39 is 5.97 Å². The number of hydrogen-bond acceptors (Lipinski definition) is 5. The SMILES string of the molecule is COc1cc(Cl)cc(C(=O)O)c1OCc1nccs1. The van der Waals surface area contributed by atoms with E-state index in [9.17, 15) is 4.79 Å². The van der Waals surface area contributed by atoms with Crippen molar-refractivity contribution in [3.05, 3.63) is 39.3 Å². The minimum Gasteiger partial charge on any atom is -0.493 e. The quantitative estimate of drug-likeness (QED) is 0.919. The van der Waals surface area contributed by atoms with Crippen LogP contribution in [0.4, 0.5) is 0 Å². The van der Waals surface area contributed by atoms with E-state index in [-0.39, 0.29) is 28.7 Å². The zero-order valence-electron chi connectivity index (χ0n) is 9.92.